The molecule has 2 heterocycles. The SMILES string of the molecule is CC(NC(=O)c1cnc2c(C3=CCCCC3)cccc2c1)c1ccccn1.FC(F)F. The van der Waals surface area contributed by atoms with Gasteiger partial charge in [0.15, 0.2) is 0 Å². The Balaban J connectivity index is 0.000000628. The van der Waals surface area contributed by atoms with Crippen molar-refractivity contribution in [1.82, 2.24) is 15.3 Å². The van der Waals surface area contributed by atoms with E-state index in [1.54, 1.807) is 12.4 Å². The minimum Gasteiger partial charge on any atom is -0.344 e. The van der Waals surface area contributed by atoms with Gasteiger partial charge >= 0.3 is 6.68 Å². The highest BCUT2D eigenvalue weighted by molar-refractivity contribution is 5.99. The number of nitrogens with one attached hydrogen (secondary N) is 1. The molecule has 1 aromatic carbocycles. The third-order valence-electron chi connectivity index (χ3n) is 5.09. The zero-order valence-electron chi connectivity index (χ0n) is 17.2. The van der Waals surface area contributed by atoms with E-state index in [-0.39, 0.29) is 11.9 Å². The standard InChI is InChI=1S/C23H23N3O.CHF3/c1-16(21-12-5-6-13-24-21)26-23(27)19-14-18-10-7-11-20(22(18)25-15-19)17-8-3-2-4-9-17;2-1(3)4/h5-8,10-16H,2-4,9H2,1H3,(H,26,27);1H. The van der Waals surface area contributed by atoms with E-state index in [2.05, 4.69) is 27.4 Å². The highest BCUT2D eigenvalue weighted by atomic mass is 19.4. The van der Waals surface area contributed by atoms with Crippen LogP contribution in [0.15, 0.2) is 60.9 Å². The van der Waals surface area contributed by atoms with E-state index in [9.17, 15) is 18.0 Å². The number of nitrogens with zero attached hydrogens (tertiary/aromatic N) is 2. The van der Waals surface area contributed by atoms with Crippen LogP contribution in [-0.2, 0) is 0 Å². The van der Waals surface area contributed by atoms with Crippen molar-refractivity contribution in [1.29, 1.82) is 0 Å². The lowest BCUT2D eigenvalue weighted by atomic mass is 9.92. The van der Waals surface area contributed by atoms with Gasteiger partial charge in [0.2, 0.25) is 0 Å². The van der Waals surface area contributed by atoms with E-state index in [1.165, 1.54) is 24.0 Å². The summed E-state index contributed by atoms with van der Waals surface area (Å²) in [6.07, 6.45) is 10.5. The fraction of sp³-hybridized carbons (Fsp3) is 0.292. The third kappa shape index (κ3) is 6.13. The zero-order chi connectivity index (χ0) is 22.2. The predicted octanol–water partition coefficient (Wildman–Crippen LogP) is 6.26. The summed E-state index contributed by atoms with van der Waals surface area (Å²) in [6.45, 7) is -1.73. The van der Waals surface area contributed by atoms with E-state index in [4.69, 9.17) is 0 Å². The second-order valence-electron chi connectivity index (χ2n) is 7.27. The summed E-state index contributed by atoms with van der Waals surface area (Å²) in [6, 6.07) is 13.7. The van der Waals surface area contributed by atoms with Gasteiger partial charge in [-0.25, -0.2) is 0 Å². The average Bonchev–Trinajstić information content (AvgIpc) is 2.79. The summed E-state index contributed by atoms with van der Waals surface area (Å²) >= 11 is 0. The number of fused-ring (bicyclic) bond motifs is 1. The average molecular weight is 427 g/mol. The van der Waals surface area contributed by atoms with Gasteiger partial charge in [0.05, 0.1) is 22.8 Å². The van der Waals surface area contributed by atoms with Crippen LogP contribution in [0.4, 0.5) is 13.2 Å². The third-order valence-corrected chi connectivity index (χ3v) is 5.09. The molecule has 7 heteroatoms. The second-order valence-corrected chi connectivity index (χ2v) is 7.27. The number of hydrogen-bond donors (Lipinski definition) is 1. The first-order valence-electron chi connectivity index (χ1n) is 10.2. The summed E-state index contributed by atoms with van der Waals surface area (Å²) in [7, 11) is 0. The Hall–Kier alpha value is -3.22. The van der Waals surface area contributed by atoms with E-state index < -0.39 is 6.68 Å². The number of carbonyl (C=O) groups excluding carboxylic acids is 1. The van der Waals surface area contributed by atoms with Crippen LogP contribution in [0.1, 0.15) is 60.3 Å². The van der Waals surface area contributed by atoms with Gasteiger partial charge in [-0.2, -0.15) is 13.2 Å². The van der Waals surface area contributed by atoms with E-state index in [0.717, 1.165) is 29.4 Å². The normalized spacial score (nSPS) is 14.4. The molecule has 1 atom stereocenters. The van der Waals surface area contributed by atoms with Crippen LogP contribution in [0.5, 0.6) is 0 Å². The maximum absolute atomic E-state index is 12.7. The molecular formula is C24H24F3N3O. The van der Waals surface area contributed by atoms with Gasteiger partial charge in [0, 0.05) is 23.3 Å². The van der Waals surface area contributed by atoms with Crippen molar-refractivity contribution in [3.8, 4) is 0 Å². The Bertz CT molecular complexity index is 1050. The van der Waals surface area contributed by atoms with Crippen molar-refractivity contribution >= 4 is 22.4 Å². The number of alkyl halides is 3. The number of para-hydroxylation sites is 1. The molecule has 4 nitrogen and oxygen atoms in total. The summed E-state index contributed by atoms with van der Waals surface area (Å²) in [5.74, 6) is -0.134. The van der Waals surface area contributed by atoms with Crippen LogP contribution in [0.2, 0.25) is 0 Å². The molecule has 1 unspecified atom stereocenters. The number of aromatic nitrogens is 2. The van der Waals surface area contributed by atoms with Crippen molar-refractivity contribution in [2.45, 2.75) is 45.3 Å². The fourth-order valence-corrected chi connectivity index (χ4v) is 3.61. The van der Waals surface area contributed by atoms with Crippen LogP contribution in [0.25, 0.3) is 16.5 Å². The Morgan fingerprint density at radius 1 is 1.06 bits per heavy atom. The Morgan fingerprint density at radius 3 is 2.55 bits per heavy atom. The lowest BCUT2D eigenvalue weighted by molar-refractivity contribution is 0.00818. The van der Waals surface area contributed by atoms with Gasteiger partial charge in [0.25, 0.3) is 5.91 Å². The molecule has 162 valence electrons. The molecule has 0 radical (unpaired) electrons. The van der Waals surface area contributed by atoms with Gasteiger partial charge in [0.1, 0.15) is 0 Å². The molecule has 3 aromatic rings. The summed E-state index contributed by atoms with van der Waals surface area (Å²) < 4.78 is 29.0. The molecule has 1 aliphatic carbocycles. The van der Waals surface area contributed by atoms with Crippen LogP contribution in [0.3, 0.4) is 0 Å². The summed E-state index contributed by atoms with van der Waals surface area (Å²) in [4.78, 5) is 21.6. The van der Waals surface area contributed by atoms with Gasteiger partial charge in [-0.05, 0) is 56.4 Å². The highest BCUT2D eigenvalue weighted by Gasteiger charge is 2.15. The van der Waals surface area contributed by atoms with Crippen LogP contribution in [-0.4, -0.2) is 22.6 Å². The molecule has 0 saturated carbocycles. The van der Waals surface area contributed by atoms with Crippen LogP contribution in [0, 0.1) is 0 Å². The number of allylic oxidation sites excluding steroid dienone is 2. The molecule has 2 aromatic heterocycles. The van der Waals surface area contributed by atoms with Crippen molar-refractivity contribution < 1.29 is 18.0 Å². The molecule has 1 N–H and O–H groups in total. The number of hydrogen-bond acceptors (Lipinski definition) is 3. The molecule has 4 rings (SSSR count). The lowest BCUT2D eigenvalue weighted by Gasteiger charge is -2.16. The fourth-order valence-electron chi connectivity index (χ4n) is 3.61. The maximum Gasteiger partial charge on any atom is 0.379 e. The minimum atomic E-state index is -3.67. The molecule has 31 heavy (non-hydrogen) atoms. The van der Waals surface area contributed by atoms with Gasteiger partial charge in [-0.1, -0.05) is 30.3 Å². The molecule has 1 amide bonds. The molecule has 0 aliphatic heterocycles. The quantitative estimate of drug-likeness (QED) is 0.535. The number of rotatable bonds is 4. The van der Waals surface area contributed by atoms with Crippen molar-refractivity contribution in [2.75, 3.05) is 0 Å². The first-order chi connectivity index (χ1) is 15.0. The Morgan fingerprint density at radius 2 is 1.87 bits per heavy atom. The molecule has 0 bridgehead atoms. The molecule has 0 saturated heterocycles. The lowest BCUT2D eigenvalue weighted by Crippen LogP contribution is -2.27. The number of pyridine rings is 2. The molecule has 1 aliphatic rings. The Labute approximate surface area is 179 Å². The number of benzene rings is 1. The van der Waals surface area contributed by atoms with Gasteiger partial charge < -0.3 is 5.32 Å². The van der Waals surface area contributed by atoms with Gasteiger partial charge in [-0.15, -0.1) is 0 Å². The van der Waals surface area contributed by atoms with Crippen LogP contribution < -0.4 is 5.32 Å². The van der Waals surface area contributed by atoms with Crippen LogP contribution >= 0.6 is 0 Å². The monoisotopic (exact) mass is 427 g/mol. The number of amides is 1. The highest BCUT2D eigenvalue weighted by Crippen LogP contribution is 2.31. The maximum atomic E-state index is 12.7. The van der Waals surface area contributed by atoms with Crippen molar-refractivity contribution in [3.05, 3.63) is 77.8 Å². The molecular weight excluding hydrogens is 403 g/mol. The molecule has 0 fully saturated rings. The topological polar surface area (TPSA) is 54.9 Å². The van der Waals surface area contributed by atoms with E-state index >= 15 is 0 Å². The number of carbonyl (C=O) groups is 1. The first-order valence-corrected chi connectivity index (χ1v) is 10.2. The number of halogens is 3. The summed E-state index contributed by atoms with van der Waals surface area (Å²) in [5, 5.41) is 4.00. The van der Waals surface area contributed by atoms with Gasteiger partial charge in [-0.3, -0.25) is 14.8 Å². The largest absolute Gasteiger partial charge is 0.379 e. The zero-order valence-corrected chi connectivity index (χ0v) is 17.2. The Kier molecular flexibility index (Phi) is 7.76. The summed E-state index contributed by atoms with van der Waals surface area (Å²) in [5.41, 5.74) is 4.95. The minimum absolute atomic E-state index is 0.134. The molecule has 0 spiro atoms. The first kappa shape index (κ1) is 22.5. The van der Waals surface area contributed by atoms with E-state index in [1.807, 2.05) is 43.3 Å². The van der Waals surface area contributed by atoms with Crippen molar-refractivity contribution in [2.24, 2.45) is 0 Å². The smallest absolute Gasteiger partial charge is 0.344 e. The van der Waals surface area contributed by atoms with Crippen molar-refractivity contribution in [3.63, 3.8) is 0 Å². The van der Waals surface area contributed by atoms with E-state index in [0.29, 0.717) is 5.56 Å². The predicted molar refractivity (Wildman–Crippen MR) is 115 cm³/mol. The second kappa shape index (κ2) is 10.7.